The first kappa shape index (κ1) is 13.9. The minimum absolute atomic E-state index is 0.110. The van der Waals surface area contributed by atoms with E-state index in [0.717, 1.165) is 11.3 Å². The highest BCUT2D eigenvalue weighted by Gasteiger charge is 2.47. The Bertz CT molecular complexity index is 777. The highest BCUT2D eigenvalue weighted by atomic mass is 16.7. The van der Waals surface area contributed by atoms with Crippen molar-refractivity contribution in [2.75, 3.05) is 18.8 Å². The van der Waals surface area contributed by atoms with Crippen molar-refractivity contribution >= 4 is 11.6 Å². The molecule has 2 aliphatic rings. The molecule has 0 spiro atoms. The normalized spacial score (nSPS) is 22.0. The van der Waals surface area contributed by atoms with Crippen LogP contribution in [-0.4, -0.2) is 25.9 Å². The fourth-order valence-corrected chi connectivity index (χ4v) is 3.01. The van der Waals surface area contributed by atoms with Crippen molar-refractivity contribution in [2.24, 2.45) is 5.73 Å². The molecule has 23 heavy (non-hydrogen) atoms. The van der Waals surface area contributed by atoms with Crippen LogP contribution >= 0.6 is 0 Å². The number of benzene rings is 2. The second kappa shape index (κ2) is 5.17. The third-order valence-corrected chi connectivity index (χ3v) is 4.21. The molecular weight excluding hydrogens is 296 g/mol. The predicted molar refractivity (Wildman–Crippen MR) is 83.8 cm³/mol. The molecule has 0 unspecified atom stereocenters. The summed E-state index contributed by atoms with van der Waals surface area (Å²) in [7, 11) is 1.60. The quantitative estimate of drug-likeness (QED) is 0.875. The summed E-state index contributed by atoms with van der Waals surface area (Å²) in [4.78, 5) is 14.0. The van der Waals surface area contributed by atoms with E-state index >= 15 is 0 Å². The van der Waals surface area contributed by atoms with Crippen molar-refractivity contribution in [2.45, 2.75) is 12.1 Å². The van der Waals surface area contributed by atoms with Gasteiger partial charge in [0.05, 0.1) is 13.2 Å². The average molecular weight is 312 g/mol. The predicted octanol–water partition coefficient (Wildman–Crippen LogP) is 1.84. The molecular formula is C17H16N2O4. The number of nitrogens with two attached hydrogens (primary N) is 1. The summed E-state index contributed by atoms with van der Waals surface area (Å²) in [5.74, 6) is 1.97. The van der Waals surface area contributed by atoms with Gasteiger partial charge < -0.3 is 24.8 Å². The van der Waals surface area contributed by atoms with Crippen LogP contribution in [0, 0.1) is 0 Å². The van der Waals surface area contributed by atoms with Crippen LogP contribution in [0.2, 0.25) is 0 Å². The van der Waals surface area contributed by atoms with Crippen LogP contribution in [0.4, 0.5) is 5.69 Å². The molecule has 2 heterocycles. The van der Waals surface area contributed by atoms with Gasteiger partial charge in [0.25, 0.3) is 0 Å². The Hall–Kier alpha value is -2.73. The first-order chi connectivity index (χ1) is 11.2. The van der Waals surface area contributed by atoms with Crippen LogP contribution in [-0.2, 0) is 4.79 Å². The molecule has 2 aromatic carbocycles. The first-order valence-electron chi connectivity index (χ1n) is 7.31. The van der Waals surface area contributed by atoms with Gasteiger partial charge in [0, 0.05) is 11.8 Å². The summed E-state index contributed by atoms with van der Waals surface area (Å²) >= 11 is 0. The van der Waals surface area contributed by atoms with E-state index < -0.39 is 6.04 Å². The SMILES string of the molecule is COc1cccc(N2C(=O)[C@H](N)[C@H]2c2ccc3c(c2)OCO3)c1. The monoisotopic (exact) mass is 312 g/mol. The number of hydrogen-bond acceptors (Lipinski definition) is 5. The topological polar surface area (TPSA) is 74.0 Å². The van der Waals surface area contributed by atoms with Gasteiger partial charge in [-0.2, -0.15) is 0 Å². The van der Waals surface area contributed by atoms with E-state index in [1.54, 1.807) is 12.0 Å². The Labute approximate surface area is 133 Å². The van der Waals surface area contributed by atoms with E-state index in [1.807, 2.05) is 42.5 Å². The molecule has 0 aliphatic carbocycles. The minimum atomic E-state index is -0.568. The Kier molecular flexibility index (Phi) is 3.12. The van der Waals surface area contributed by atoms with Gasteiger partial charge in [-0.25, -0.2) is 0 Å². The Morgan fingerprint density at radius 3 is 2.83 bits per heavy atom. The third-order valence-electron chi connectivity index (χ3n) is 4.21. The molecule has 2 aromatic rings. The summed E-state index contributed by atoms with van der Waals surface area (Å²) in [6.45, 7) is 0.216. The van der Waals surface area contributed by atoms with Crippen LogP contribution in [0.15, 0.2) is 42.5 Å². The number of fused-ring (bicyclic) bond motifs is 1. The second-order valence-electron chi connectivity index (χ2n) is 5.49. The van der Waals surface area contributed by atoms with E-state index in [2.05, 4.69) is 0 Å². The standard InChI is InChI=1S/C17H16N2O4/c1-21-12-4-2-3-11(8-12)19-16(15(18)17(19)20)10-5-6-13-14(7-10)23-9-22-13/h2-8,15-16H,9,18H2,1H3/t15-,16-/m1/s1. The summed E-state index contributed by atoms with van der Waals surface area (Å²) in [6, 6.07) is 12.2. The largest absolute Gasteiger partial charge is 0.497 e. The number of nitrogens with zero attached hydrogens (tertiary/aromatic N) is 1. The molecule has 1 fully saturated rings. The molecule has 118 valence electrons. The number of anilines is 1. The molecule has 1 amide bonds. The van der Waals surface area contributed by atoms with Crippen LogP contribution in [0.25, 0.3) is 0 Å². The van der Waals surface area contributed by atoms with Gasteiger partial charge >= 0.3 is 0 Å². The van der Waals surface area contributed by atoms with E-state index in [-0.39, 0.29) is 18.7 Å². The summed E-state index contributed by atoms with van der Waals surface area (Å²) in [6.07, 6.45) is 0. The van der Waals surface area contributed by atoms with Gasteiger partial charge in [0.1, 0.15) is 11.8 Å². The van der Waals surface area contributed by atoms with Gasteiger partial charge in [0.15, 0.2) is 11.5 Å². The maximum absolute atomic E-state index is 12.3. The molecule has 2 aliphatic heterocycles. The number of carbonyl (C=O) groups is 1. The highest BCUT2D eigenvalue weighted by molar-refractivity contribution is 6.05. The van der Waals surface area contributed by atoms with Crippen LogP contribution in [0.5, 0.6) is 17.2 Å². The first-order valence-corrected chi connectivity index (χ1v) is 7.31. The third kappa shape index (κ3) is 2.10. The lowest BCUT2D eigenvalue weighted by Crippen LogP contribution is -2.63. The van der Waals surface area contributed by atoms with Gasteiger partial charge in [-0.3, -0.25) is 4.79 Å². The van der Waals surface area contributed by atoms with Crippen LogP contribution in [0.3, 0.4) is 0 Å². The lowest BCUT2D eigenvalue weighted by molar-refractivity contribution is -0.126. The summed E-state index contributed by atoms with van der Waals surface area (Å²) in [5, 5.41) is 0. The molecule has 0 saturated carbocycles. The van der Waals surface area contributed by atoms with E-state index in [9.17, 15) is 4.79 Å². The van der Waals surface area contributed by atoms with Crippen molar-refractivity contribution in [3.63, 3.8) is 0 Å². The van der Waals surface area contributed by atoms with Crippen LogP contribution < -0.4 is 24.8 Å². The number of β-lactam (4-membered cyclic amide) rings is 1. The Morgan fingerprint density at radius 1 is 1.17 bits per heavy atom. The molecule has 4 rings (SSSR count). The van der Waals surface area contributed by atoms with Gasteiger partial charge in [-0.15, -0.1) is 0 Å². The van der Waals surface area contributed by atoms with Gasteiger partial charge in [0.2, 0.25) is 12.7 Å². The van der Waals surface area contributed by atoms with E-state index in [1.165, 1.54) is 0 Å². The number of methoxy groups -OCH3 is 1. The van der Waals surface area contributed by atoms with Crippen molar-refractivity contribution in [1.82, 2.24) is 0 Å². The van der Waals surface area contributed by atoms with E-state index in [0.29, 0.717) is 17.2 Å². The summed E-state index contributed by atoms with van der Waals surface area (Å²) < 4.78 is 16.0. The zero-order chi connectivity index (χ0) is 16.0. The number of amides is 1. The molecule has 2 N–H and O–H groups in total. The molecule has 0 aromatic heterocycles. The van der Waals surface area contributed by atoms with Crippen molar-refractivity contribution in [3.05, 3.63) is 48.0 Å². The number of carbonyl (C=O) groups excluding carboxylic acids is 1. The molecule has 6 heteroatoms. The zero-order valence-corrected chi connectivity index (χ0v) is 12.6. The van der Waals surface area contributed by atoms with Crippen molar-refractivity contribution < 1.29 is 19.0 Å². The molecule has 1 saturated heterocycles. The Morgan fingerprint density at radius 2 is 2.00 bits per heavy atom. The van der Waals surface area contributed by atoms with Gasteiger partial charge in [-0.05, 0) is 29.8 Å². The van der Waals surface area contributed by atoms with E-state index in [4.69, 9.17) is 19.9 Å². The second-order valence-corrected chi connectivity index (χ2v) is 5.49. The van der Waals surface area contributed by atoms with Gasteiger partial charge in [-0.1, -0.05) is 12.1 Å². The molecule has 2 atom stereocenters. The number of hydrogen-bond donors (Lipinski definition) is 1. The molecule has 0 radical (unpaired) electrons. The fourth-order valence-electron chi connectivity index (χ4n) is 3.01. The maximum atomic E-state index is 12.3. The Balaban J connectivity index is 1.70. The summed E-state index contributed by atoms with van der Waals surface area (Å²) in [5.41, 5.74) is 7.73. The number of rotatable bonds is 3. The molecule has 0 bridgehead atoms. The van der Waals surface area contributed by atoms with Crippen molar-refractivity contribution in [1.29, 1.82) is 0 Å². The average Bonchev–Trinajstić information content (AvgIpc) is 3.06. The maximum Gasteiger partial charge on any atom is 0.247 e. The highest BCUT2D eigenvalue weighted by Crippen LogP contribution is 2.42. The lowest BCUT2D eigenvalue weighted by atomic mass is 9.88. The number of ether oxygens (including phenoxy) is 3. The molecule has 6 nitrogen and oxygen atoms in total. The van der Waals surface area contributed by atoms with Crippen molar-refractivity contribution in [3.8, 4) is 17.2 Å². The fraction of sp³-hybridized carbons (Fsp3) is 0.235. The van der Waals surface area contributed by atoms with Crippen LogP contribution in [0.1, 0.15) is 11.6 Å². The lowest BCUT2D eigenvalue weighted by Gasteiger charge is -2.45. The zero-order valence-electron chi connectivity index (χ0n) is 12.6. The smallest absolute Gasteiger partial charge is 0.247 e. The minimum Gasteiger partial charge on any atom is -0.497 e.